The molecule has 0 aromatic carbocycles. The van der Waals surface area contributed by atoms with E-state index in [0.29, 0.717) is 16.3 Å². The van der Waals surface area contributed by atoms with Gasteiger partial charge in [0.1, 0.15) is 11.2 Å². The molecule has 0 saturated heterocycles. The Hall–Kier alpha value is -3.21. The summed E-state index contributed by atoms with van der Waals surface area (Å²) in [5.41, 5.74) is 1.93. The van der Waals surface area contributed by atoms with Crippen LogP contribution in [-0.2, 0) is 7.05 Å². The zero-order chi connectivity index (χ0) is 23.0. The number of carbonyl (C=O) groups excluding carboxylic acids is 1. The van der Waals surface area contributed by atoms with E-state index in [1.165, 1.54) is 17.4 Å². The second-order valence-electron chi connectivity index (χ2n) is 7.72. The number of carbonyl (C=O) groups is 1. The summed E-state index contributed by atoms with van der Waals surface area (Å²) in [6, 6.07) is 1.36. The van der Waals surface area contributed by atoms with Crippen LogP contribution in [0.3, 0.4) is 0 Å². The quantitative estimate of drug-likeness (QED) is 0.572. The summed E-state index contributed by atoms with van der Waals surface area (Å²) in [5, 5.41) is 6.54. The SMILES string of the molecule is CC1CC(Nc2ncc([C@@H](C)NC(=O)c3cc4c(cn3)ncn4C)s2)=CC=C1C(F)(F)F. The number of nitrogens with one attached hydrogen (secondary N) is 2. The first-order valence-electron chi connectivity index (χ1n) is 9.90. The van der Waals surface area contributed by atoms with Gasteiger partial charge in [0.15, 0.2) is 5.13 Å². The molecule has 0 spiro atoms. The molecule has 0 saturated carbocycles. The van der Waals surface area contributed by atoms with E-state index in [1.807, 2.05) is 18.5 Å². The monoisotopic (exact) mass is 462 g/mol. The number of rotatable bonds is 5. The van der Waals surface area contributed by atoms with Gasteiger partial charge in [-0.3, -0.25) is 4.79 Å². The van der Waals surface area contributed by atoms with Gasteiger partial charge in [0.05, 0.1) is 24.1 Å². The number of amides is 1. The fourth-order valence-corrected chi connectivity index (χ4v) is 4.36. The summed E-state index contributed by atoms with van der Waals surface area (Å²) in [6.45, 7) is 3.38. The average molecular weight is 463 g/mol. The van der Waals surface area contributed by atoms with Crippen LogP contribution >= 0.6 is 11.3 Å². The third-order valence-electron chi connectivity index (χ3n) is 5.26. The molecule has 1 amide bonds. The summed E-state index contributed by atoms with van der Waals surface area (Å²) < 4.78 is 40.7. The van der Waals surface area contributed by atoms with Crippen molar-refractivity contribution in [3.8, 4) is 0 Å². The van der Waals surface area contributed by atoms with Crippen LogP contribution < -0.4 is 10.6 Å². The lowest BCUT2D eigenvalue weighted by Crippen LogP contribution is -2.26. The first-order valence-corrected chi connectivity index (χ1v) is 10.7. The Balaban J connectivity index is 1.42. The van der Waals surface area contributed by atoms with Crippen LogP contribution in [0.25, 0.3) is 11.0 Å². The lowest BCUT2D eigenvalue weighted by molar-refractivity contribution is -0.0985. The second kappa shape index (κ2) is 8.38. The molecule has 3 aromatic heterocycles. The molecule has 1 unspecified atom stereocenters. The van der Waals surface area contributed by atoms with Crippen molar-refractivity contribution in [2.75, 3.05) is 5.32 Å². The summed E-state index contributed by atoms with van der Waals surface area (Å²) in [4.78, 5) is 26.1. The number of alkyl halides is 3. The van der Waals surface area contributed by atoms with Crippen molar-refractivity contribution in [1.29, 1.82) is 0 Å². The number of halogens is 3. The van der Waals surface area contributed by atoms with E-state index in [9.17, 15) is 18.0 Å². The van der Waals surface area contributed by atoms with Gasteiger partial charge in [0, 0.05) is 29.4 Å². The summed E-state index contributed by atoms with van der Waals surface area (Å²) in [6.07, 6.45) is 3.33. The number of allylic oxidation sites excluding steroid dienone is 4. The Labute approximate surface area is 186 Å². The number of thiazole rings is 1. The van der Waals surface area contributed by atoms with E-state index in [4.69, 9.17) is 0 Å². The van der Waals surface area contributed by atoms with Crippen molar-refractivity contribution < 1.29 is 18.0 Å². The number of aromatic nitrogens is 4. The molecule has 0 radical (unpaired) electrons. The molecule has 2 N–H and O–H groups in total. The maximum absolute atomic E-state index is 13.0. The Morgan fingerprint density at radius 3 is 2.75 bits per heavy atom. The molecule has 11 heteroatoms. The van der Waals surface area contributed by atoms with Gasteiger partial charge in [-0.15, -0.1) is 0 Å². The molecule has 168 valence electrons. The molecule has 0 bridgehead atoms. The molecule has 4 rings (SSSR count). The van der Waals surface area contributed by atoms with E-state index >= 15 is 0 Å². The highest BCUT2D eigenvalue weighted by molar-refractivity contribution is 7.15. The highest BCUT2D eigenvalue weighted by Gasteiger charge is 2.37. The smallest absolute Gasteiger partial charge is 0.343 e. The van der Waals surface area contributed by atoms with Crippen LogP contribution in [-0.4, -0.2) is 31.6 Å². The van der Waals surface area contributed by atoms with Gasteiger partial charge in [-0.2, -0.15) is 13.2 Å². The third-order valence-corrected chi connectivity index (χ3v) is 6.35. The van der Waals surface area contributed by atoms with Gasteiger partial charge < -0.3 is 15.2 Å². The minimum atomic E-state index is -4.32. The summed E-state index contributed by atoms with van der Waals surface area (Å²) >= 11 is 1.33. The third kappa shape index (κ3) is 4.52. The highest BCUT2D eigenvalue weighted by atomic mass is 32.1. The van der Waals surface area contributed by atoms with Crippen molar-refractivity contribution in [2.45, 2.75) is 32.5 Å². The second-order valence-corrected chi connectivity index (χ2v) is 8.78. The van der Waals surface area contributed by atoms with Gasteiger partial charge in [-0.05, 0) is 31.4 Å². The van der Waals surface area contributed by atoms with Gasteiger partial charge in [-0.25, -0.2) is 15.0 Å². The first kappa shape index (κ1) is 22.0. The van der Waals surface area contributed by atoms with Crippen LogP contribution in [0, 0.1) is 5.92 Å². The molecule has 1 aliphatic rings. The van der Waals surface area contributed by atoms with Gasteiger partial charge in [0.25, 0.3) is 5.91 Å². The molecular weight excluding hydrogens is 441 g/mol. The van der Waals surface area contributed by atoms with Crippen molar-refractivity contribution in [2.24, 2.45) is 13.0 Å². The lowest BCUT2D eigenvalue weighted by atomic mass is 9.91. The molecule has 3 heterocycles. The number of hydrogen-bond acceptors (Lipinski definition) is 6. The number of aryl methyl sites for hydroxylation is 1. The normalized spacial score (nSPS) is 17.6. The van der Waals surface area contributed by atoms with E-state index in [2.05, 4.69) is 25.6 Å². The van der Waals surface area contributed by atoms with E-state index in [0.717, 1.165) is 16.5 Å². The number of nitrogens with zero attached hydrogens (tertiary/aromatic N) is 4. The average Bonchev–Trinajstić information content (AvgIpc) is 3.34. The molecule has 32 heavy (non-hydrogen) atoms. The first-order chi connectivity index (χ1) is 15.1. The van der Waals surface area contributed by atoms with Crippen molar-refractivity contribution >= 4 is 33.4 Å². The predicted octanol–water partition coefficient (Wildman–Crippen LogP) is 4.74. The van der Waals surface area contributed by atoms with E-state index in [1.54, 1.807) is 31.7 Å². The van der Waals surface area contributed by atoms with Crippen molar-refractivity contribution in [3.05, 3.63) is 58.8 Å². The highest BCUT2D eigenvalue weighted by Crippen LogP contribution is 2.37. The molecular formula is C21H21F3N6OS. The minimum Gasteiger partial charge on any atom is -0.343 e. The fourth-order valence-electron chi connectivity index (χ4n) is 3.51. The standard InChI is InChI=1S/C21H21F3N6OS/c1-11-6-13(4-5-14(11)21(22,23)24)29-20-26-9-18(32-20)12(2)28-19(31)15-7-17-16(8-25-15)27-10-30(17)3/h4-5,7-12H,6H2,1-3H3,(H,26,29)(H,28,31)/t11?,12-/m1/s1. The van der Waals surface area contributed by atoms with Crippen LogP contribution in [0.15, 0.2) is 48.2 Å². The molecule has 7 nitrogen and oxygen atoms in total. The maximum atomic E-state index is 13.0. The Morgan fingerprint density at radius 2 is 2.03 bits per heavy atom. The van der Waals surface area contributed by atoms with Crippen LogP contribution in [0.5, 0.6) is 0 Å². The van der Waals surface area contributed by atoms with Crippen molar-refractivity contribution in [1.82, 2.24) is 24.8 Å². The van der Waals surface area contributed by atoms with E-state index in [-0.39, 0.29) is 24.1 Å². The molecule has 0 fully saturated rings. The predicted molar refractivity (Wildman–Crippen MR) is 116 cm³/mol. The minimum absolute atomic E-state index is 0.245. The van der Waals surface area contributed by atoms with Gasteiger partial charge in [0.2, 0.25) is 0 Å². The maximum Gasteiger partial charge on any atom is 0.412 e. The van der Waals surface area contributed by atoms with Crippen LogP contribution in [0.1, 0.15) is 41.7 Å². The summed E-state index contributed by atoms with van der Waals surface area (Å²) in [7, 11) is 1.84. The van der Waals surface area contributed by atoms with E-state index < -0.39 is 17.7 Å². The zero-order valence-electron chi connectivity index (χ0n) is 17.6. The van der Waals surface area contributed by atoms with Gasteiger partial charge >= 0.3 is 6.18 Å². The number of fused-ring (bicyclic) bond motifs is 1. The Kier molecular flexibility index (Phi) is 5.76. The number of pyridine rings is 1. The molecule has 3 aromatic rings. The lowest BCUT2D eigenvalue weighted by Gasteiger charge is -2.23. The Morgan fingerprint density at radius 1 is 1.25 bits per heavy atom. The molecule has 2 atom stereocenters. The number of imidazole rings is 1. The topological polar surface area (TPSA) is 84.7 Å². The largest absolute Gasteiger partial charge is 0.412 e. The zero-order valence-corrected chi connectivity index (χ0v) is 18.4. The molecule has 0 aliphatic heterocycles. The number of hydrogen-bond donors (Lipinski definition) is 2. The Bertz CT molecular complexity index is 1230. The summed E-state index contributed by atoms with van der Waals surface area (Å²) in [5.74, 6) is -0.957. The molecule has 1 aliphatic carbocycles. The van der Waals surface area contributed by atoms with Crippen LogP contribution in [0.4, 0.5) is 18.3 Å². The van der Waals surface area contributed by atoms with Gasteiger partial charge in [-0.1, -0.05) is 24.3 Å². The van der Waals surface area contributed by atoms with Crippen molar-refractivity contribution in [3.63, 3.8) is 0 Å². The number of anilines is 1. The van der Waals surface area contributed by atoms with Crippen LogP contribution in [0.2, 0.25) is 0 Å². The fraction of sp³-hybridized carbons (Fsp3) is 0.333.